The Morgan fingerprint density at radius 3 is 2.34 bits per heavy atom. The van der Waals surface area contributed by atoms with Crippen LogP contribution in [-0.4, -0.2) is 50.8 Å². The molecular formula is C22H29N5O5. The van der Waals surface area contributed by atoms with Crippen molar-refractivity contribution >= 4 is 29.7 Å². The first-order valence-electron chi connectivity index (χ1n) is 10.7. The maximum absolute atomic E-state index is 13.5. The zero-order valence-electron chi connectivity index (χ0n) is 18.3. The van der Waals surface area contributed by atoms with E-state index in [4.69, 9.17) is 11.1 Å². The van der Waals surface area contributed by atoms with Gasteiger partial charge in [-0.3, -0.25) is 19.8 Å². The summed E-state index contributed by atoms with van der Waals surface area (Å²) in [5, 5.41) is 21.5. The van der Waals surface area contributed by atoms with Gasteiger partial charge in [-0.2, -0.15) is 5.01 Å². The minimum Gasteiger partial charge on any atom is -0.481 e. The van der Waals surface area contributed by atoms with Gasteiger partial charge in [-0.25, -0.2) is 9.80 Å². The first-order chi connectivity index (χ1) is 15.1. The van der Waals surface area contributed by atoms with Gasteiger partial charge in [-0.05, 0) is 31.2 Å². The van der Waals surface area contributed by atoms with Crippen molar-refractivity contribution in [2.45, 2.75) is 64.0 Å². The first-order valence-corrected chi connectivity index (χ1v) is 10.7. The highest BCUT2D eigenvalue weighted by Crippen LogP contribution is 2.35. The lowest BCUT2D eigenvalue weighted by Gasteiger charge is -2.40. The molecule has 2 aliphatic rings. The van der Waals surface area contributed by atoms with Crippen LogP contribution in [-0.2, 0) is 19.9 Å². The molecule has 10 nitrogen and oxygen atoms in total. The molecule has 0 spiro atoms. The molecule has 3 rings (SSSR count). The summed E-state index contributed by atoms with van der Waals surface area (Å²) < 4.78 is 0. The van der Waals surface area contributed by atoms with Crippen molar-refractivity contribution in [1.29, 1.82) is 5.41 Å². The maximum Gasteiger partial charge on any atom is 0.344 e. The predicted molar refractivity (Wildman–Crippen MR) is 115 cm³/mol. The SMILES string of the molecule is CC(=O)N(C(CC(=O)O)C1CCCCC1)N1C(=O)NC(C)(c2ccc(C(=N)N)cc2)C1=O. The second-order valence-corrected chi connectivity index (χ2v) is 8.59. The number of urea groups is 1. The van der Waals surface area contributed by atoms with E-state index in [1.54, 1.807) is 24.3 Å². The van der Waals surface area contributed by atoms with E-state index in [-0.39, 0.29) is 18.2 Å². The normalized spacial score (nSPS) is 22.4. The van der Waals surface area contributed by atoms with E-state index in [1.165, 1.54) is 13.8 Å². The number of carbonyl (C=O) groups is 4. The van der Waals surface area contributed by atoms with Crippen molar-refractivity contribution < 1.29 is 24.3 Å². The Bertz CT molecular complexity index is 941. The third-order valence-corrected chi connectivity index (χ3v) is 6.37. The number of imide groups is 1. The third kappa shape index (κ3) is 4.30. The molecule has 1 aromatic carbocycles. The molecule has 2 fully saturated rings. The second-order valence-electron chi connectivity index (χ2n) is 8.59. The highest BCUT2D eigenvalue weighted by atomic mass is 16.4. The number of amides is 4. The highest BCUT2D eigenvalue weighted by Gasteiger charge is 2.54. The molecule has 1 saturated heterocycles. The van der Waals surface area contributed by atoms with Crippen molar-refractivity contribution in [2.75, 3.05) is 0 Å². The Hall–Kier alpha value is -3.43. The summed E-state index contributed by atoms with van der Waals surface area (Å²) in [5.74, 6) is -2.58. The van der Waals surface area contributed by atoms with Gasteiger partial charge in [0.1, 0.15) is 11.4 Å². The summed E-state index contributed by atoms with van der Waals surface area (Å²) in [6.07, 6.45) is 3.96. The summed E-state index contributed by atoms with van der Waals surface area (Å²) in [5.41, 5.74) is 4.95. The first kappa shape index (κ1) is 23.2. The van der Waals surface area contributed by atoms with Crippen molar-refractivity contribution in [3.05, 3.63) is 35.4 Å². The standard InChI is InChI=1S/C22H29N5O5/c1-13(28)26(17(12-18(29)30)14-6-4-3-5-7-14)27-20(31)22(2,25-21(27)32)16-10-8-15(9-11-16)19(23)24/h8-11,14,17H,3-7,12H2,1-2H3,(H3,23,24)(H,25,32)(H,29,30). The Morgan fingerprint density at radius 1 is 1.25 bits per heavy atom. The second kappa shape index (κ2) is 8.97. The summed E-state index contributed by atoms with van der Waals surface area (Å²) in [6, 6.07) is 4.74. The number of nitrogens with one attached hydrogen (secondary N) is 2. The molecule has 1 saturated carbocycles. The molecule has 2 unspecified atom stereocenters. The molecule has 32 heavy (non-hydrogen) atoms. The Kier molecular flexibility index (Phi) is 6.52. The number of hydrogen-bond acceptors (Lipinski definition) is 5. The maximum atomic E-state index is 13.5. The smallest absolute Gasteiger partial charge is 0.344 e. The summed E-state index contributed by atoms with van der Waals surface area (Å²) >= 11 is 0. The molecule has 0 aromatic heterocycles. The fourth-order valence-corrected chi connectivity index (χ4v) is 4.67. The molecule has 5 N–H and O–H groups in total. The average Bonchev–Trinajstić information content (AvgIpc) is 2.97. The molecule has 1 aromatic rings. The lowest BCUT2D eigenvalue weighted by Crippen LogP contribution is -2.57. The number of aliphatic carboxylic acids is 1. The molecule has 2 atom stereocenters. The molecule has 4 amide bonds. The van der Waals surface area contributed by atoms with Crippen LogP contribution in [0.15, 0.2) is 24.3 Å². The zero-order chi connectivity index (χ0) is 23.6. The van der Waals surface area contributed by atoms with Crippen molar-refractivity contribution in [3.63, 3.8) is 0 Å². The van der Waals surface area contributed by atoms with Gasteiger partial charge in [0.05, 0.1) is 12.5 Å². The van der Waals surface area contributed by atoms with E-state index >= 15 is 0 Å². The minimum absolute atomic E-state index is 0.119. The number of nitrogens with two attached hydrogens (primary N) is 1. The van der Waals surface area contributed by atoms with E-state index in [2.05, 4.69) is 5.32 Å². The van der Waals surface area contributed by atoms with Gasteiger partial charge in [0.25, 0.3) is 5.91 Å². The number of nitrogen functional groups attached to an aromatic ring is 1. The van der Waals surface area contributed by atoms with Crippen LogP contribution < -0.4 is 11.1 Å². The van der Waals surface area contributed by atoms with E-state index in [1.807, 2.05) is 0 Å². The quantitative estimate of drug-likeness (QED) is 0.286. The van der Waals surface area contributed by atoms with E-state index in [0.29, 0.717) is 11.1 Å². The number of nitrogens with zero attached hydrogens (tertiary/aromatic N) is 2. The van der Waals surface area contributed by atoms with Gasteiger partial charge in [-0.15, -0.1) is 0 Å². The number of carboxylic acid groups (broad SMARTS) is 1. The van der Waals surface area contributed by atoms with Gasteiger partial charge in [0.15, 0.2) is 0 Å². The van der Waals surface area contributed by atoms with E-state index in [0.717, 1.165) is 42.1 Å². The van der Waals surface area contributed by atoms with E-state index < -0.39 is 35.4 Å². The average molecular weight is 444 g/mol. The Balaban J connectivity index is 1.97. The van der Waals surface area contributed by atoms with E-state index in [9.17, 15) is 24.3 Å². The van der Waals surface area contributed by atoms with Crippen molar-refractivity contribution in [1.82, 2.24) is 15.3 Å². The molecule has 10 heteroatoms. The number of hydrogen-bond donors (Lipinski definition) is 4. The highest BCUT2D eigenvalue weighted by molar-refractivity contribution is 6.08. The molecule has 1 aliphatic heterocycles. The zero-order valence-corrected chi connectivity index (χ0v) is 18.3. The van der Waals surface area contributed by atoms with Gasteiger partial charge < -0.3 is 16.2 Å². The fraction of sp³-hybridized carbons (Fsp3) is 0.500. The van der Waals surface area contributed by atoms with Gasteiger partial charge in [0, 0.05) is 12.5 Å². The molecule has 1 aliphatic carbocycles. The molecule has 1 heterocycles. The summed E-state index contributed by atoms with van der Waals surface area (Å²) in [4.78, 5) is 50.8. The van der Waals surface area contributed by atoms with Crippen molar-refractivity contribution in [3.8, 4) is 0 Å². The number of rotatable bonds is 7. The van der Waals surface area contributed by atoms with Crippen molar-refractivity contribution in [2.24, 2.45) is 11.7 Å². The molecular weight excluding hydrogens is 414 g/mol. The van der Waals surface area contributed by atoms with Crippen LogP contribution in [0.25, 0.3) is 0 Å². The van der Waals surface area contributed by atoms with Gasteiger partial charge in [-0.1, -0.05) is 43.5 Å². The predicted octanol–water partition coefficient (Wildman–Crippen LogP) is 1.92. The number of hydrazine groups is 1. The van der Waals surface area contributed by atoms with Gasteiger partial charge >= 0.3 is 12.0 Å². The van der Waals surface area contributed by atoms with Gasteiger partial charge in [0.2, 0.25) is 5.91 Å². The largest absolute Gasteiger partial charge is 0.481 e. The van der Waals surface area contributed by atoms with Crippen LogP contribution in [0.4, 0.5) is 4.79 Å². The molecule has 172 valence electrons. The van der Waals surface area contributed by atoms with Crippen LogP contribution >= 0.6 is 0 Å². The molecule has 0 bridgehead atoms. The minimum atomic E-state index is -1.46. The lowest BCUT2D eigenvalue weighted by atomic mass is 9.82. The number of carboxylic acids is 1. The number of carbonyl (C=O) groups excluding carboxylic acids is 3. The summed E-state index contributed by atoms with van der Waals surface area (Å²) in [6.45, 7) is 2.76. The Morgan fingerprint density at radius 2 is 1.84 bits per heavy atom. The Labute approximate surface area is 186 Å². The van der Waals surface area contributed by atoms with Crippen LogP contribution in [0.1, 0.15) is 63.5 Å². The number of amidine groups is 1. The van der Waals surface area contributed by atoms with Crippen LogP contribution in [0, 0.1) is 11.3 Å². The lowest BCUT2D eigenvalue weighted by molar-refractivity contribution is -0.165. The topological polar surface area (TPSA) is 157 Å². The molecule has 0 radical (unpaired) electrons. The fourth-order valence-electron chi connectivity index (χ4n) is 4.67. The van der Waals surface area contributed by atoms with Crippen LogP contribution in [0.3, 0.4) is 0 Å². The number of benzene rings is 1. The summed E-state index contributed by atoms with van der Waals surface area (Å²) in [7, 11) is 0. The monoisotopic (exact) mass is 443 g/mol. The third-order valence-electron chi connectivity index (χ3n) is 6.37. The van der Waals surface area contributed by atoms with Crippen LogP contribution in [0.5, 0.6) is 0 Å². The van der Waals surface area contributed by atoms with Crippen LogP contribution in [0.2, 0.25) is 0 Å².